The second-order valence-corrected chi connectivity index (χ2v) is 5.62. The van der Waals surface area contributed by atoms with Crippen LogP contribution in [0.1, 0.15) is 32.1 Å². The lowest BCUT2D eigenvalue weighted by Crippen LogP contribution is -2.48. The predicted octanol–water partition coefficient (Wildman–Crippen LogP) is 3.11. The number of oxime groups is 1. The normalized spacial score (nSPS) is 18.3. The van der Waals surface area contributed by atoms with Crippen molar-refractivity contribution in [2.75, 3.05) is 5.32 Å². The fraction of sp³-hybridized carbons (Fsp3) is 0.429. The molecule has 0 radical (unpaired) electrons. The van der Waals surface area contributed by atoms with Gasteiger partial charge in [0.05, 0.1) is 5.02 Å². The lowest BCUT2D eigenvalue weighted by Gasteiger charge is -2.34. The lowest BCUT2D eigenvalue weighted by molar-refractivity contribution is -0.123. The van der Waals surface area contributed by atoms with Crippen molar-refractivity contribution in [1.29, 1.82) is 0 Å². The van der Waals surface area contributed by atoms with Crippen LogP contribution in [-0.4, -0.2) is 17.0 Å². The number of nitrogens with one attached hydrogen (secondary N) is 1. The summed E-state index contributed by atoms with van der Waals surface area (Å²) in [6.07, 6.45) is 3.70. The molecule has 0 bridgehead atoms. The number of carbonyl (C=O) groups is 1. The Balaban J connectivity index is 2.24. The van der Waals surface area contributed by atoms with Gasteiger partial charge in [0.15, 0.2) is 5.84 Å². The highest BCUT2D eigenvalue weighted by atomic mass is 35.5. The van der Waals surface area contributed by atoms with Crippen LogP contribution in [0.4, 0.5) is 10.1 Å². The summed E-state index contributed by atoms with van der Waals surface area (Å²) in [6.45, 7) is 0. The van der Waals surface area contributed by atoms with Crippen molar-refractivity contribution < 1.29 is 14.4 Å². The van der Waals surface area contributed by atoms with Crippen LogP contribution in [0.25, 0.3) is 0 Å². The number of rotatable bonds is 3. The van der Waals surface area contributed by atoms with Gasteiger partial charge < -0.3 is 16.3 Å². The predicted molar refractivity (Wildman–Crippen MR) is 79.0 cm³/mol. The highest BCUT2D eigenvalue weighted by molar-refractivity contribution is 6.31. The average Bonchev–Trinajstić information content (AvgIpc) is 2.50. The highest BCUT2D eigenvalue weighted by Gasteiger charge is 2.43. The Hall–Kier alpha value is -1.82. The molecule has 1 saturated carbocycles. The molecule has 1 amide bonds. The minimum atomic E-state index is -1.02. The van der Waals surface area contributed by atoms with Gasteiger partial charge in [-0.25, -0.2) is 4.39 Å². The molecular formula is C14H17ClFN3O2. The molecule has 5 nitrogen and oxygen atoms in total. The second-order valence-electron chi connectivity index (χ2n) is 5.21. The van der Waals surface area contributed by atoms with E-state index in [1.807, 2.05) is 0 Å². The largest absolute Gasteiger partial charge is 0.409 e. The summed E-state index contributed by atoms with van der Waals surface area (Å²) in [5.74, 6) is -1.01. The van der Waals surface area contributed by atoms with Gasteiger partial charge >= 0.3 is 0 Å². The number of amides is 1. The topological polar surface area (TPSA) is 87.7 Å². The van der Waals surface area contributed by atoms with Gasteiger partial charge in [0.1, 0.15) is 11.2 Å². The first-order chi connectivity index (χ1) is 9.99. The molecule has 0 aliphatic heterocycles. The van der Waals surface area contributed by atoms with Gasteiger partial charge in [0, 0.05) is 5.69 Å². The first-order valence-electron chi connectivity index (χ1n) is 6.74. The summed E-state index contributed by atoms with van der Waals surface area (Å²) in [7, 11) is 0. The van der Waals surface area contributed by atoms with Crippen molar-refractivity contribution in [3.05, 3.63) is 29.0 Å². The van der Waals surface area contributed by atoms with Crippen LogP contribution >= 0.6 is 11.6 Å². The van der Waals surface area contributed by atoms with Gasteiger partial charge in [-0.3, -0.25) is 4.79 Å². The van der Waals surface area contributed by atoms with Crippen molar-refractivity contribution in [3.8, 4) is 0 Å². The van der Waals surface area contributed by atoms with E-state index in [2.05, 4.69) is 10.5 Å². The zero-order valence-corrected chi connectivity index (χ0v) is 12.2. The molecule has 0 aromatic heterocycles. The van der Waals surface area contributed by atoms with Gasteiger partial charge in [-0.2, -0.15) is 0 Å². The molecule has 21 heavy (non-hydrogen) atoms. The molecule has 2 rings (SSSR count). The van der Waals surface area contributed by atoms with E-state index < -0.39 is 11.2 Å². The third-order valence-electron chi connectivity index (χ3n) is 3.92. The van der Waals surface area contributed by atoms with Crippen LogP contribution in [0.15, 0.2) is 23.4 Å². The molecule has 1 aliphatic rings. The number of halogens is 2. The molecule has 1 aliphatic carbocycles. The van der Waals surface area contributed by atoms with Crippen LogP contribution in [0.2, 0.25) is 5.02 Å². The Morgan fingerprint density at radius 3 is 2.62 bits per heavy atom. The van der Waals surface area contributed by atoms with E-state index in [1.165, 1.54) is 18.2 Å². The average molecular weight is 314 g/mol. The van der Waals surface area contributed by atoms with Crippen molar-refractivity contribution in [2.24, 2.45) is 16.3 Å². The van der Waals surface area contributed by atoms with Crippen molar-refractivity contribution in [2.45, 2.75) is 32.1 Å². The number of carbonyl (C=O) groups excluding carboxylic acids is 1. The number of hydrogen-bond acceptors (Lipinski definition) is 3. The van der Waals surface area contributed by atoms with E-state index >= 15 is 0 Å². The minimum absolute atomic E-state index is 0.0747. The van der Waals surface area contributed by atoms with Crippen LogP contribution < -0.4 is 11.1 Å². The SMILES string of the molecule is NC(=NO)C1(C(=O)Nc2ccc(F)c(Cl)c2)CCCCC1. The zero-order valence-electron chi connectivity index (χ0n) is 11.4. The number of nitrogens with two attached hydrogens (primary N) is 1. The highest BCUT2D eigenvalue weighted by Crippen LogP contribution is 2.38. The number of nitrogens with zero attached hydrogens (tertiary/aromatic N) is 1. The first kappa shape index (κ1) is 15.6. The molecule has 114 valence electrons. The van der Waals surface area contributed by atoms with E-state index in [4.69, 9.17) is 22.5 Å². The monoisotopic (exact) mass is 313 g/mol. The van der Waals surface area contributed by atoms with Crippen LogP contribution in [0.3, 0.4) is 0 Å². The summed E-state index contributed by atoms with van der Waals surface area (Å²) in [6, 6.07) is 3.93. The standard InChI is InChI=1S/C14H17ClFN3O2/c15-10-8-9(4-5-11(10)16)18-13(20)14(12(17)19-21)6-2-1-3-7-14/h4-5,8,21H,1-3,6-7H2,(H2,17,19)(H,18,20). The van der Waals surface area contributed by atoms with Crippen molar-refractivity contribution >= 4 is 29.0 Å². The Morgan fingerprint density at radius 1 is 1.38 bits per heavy atom. The Labute approximate surface area is 127 Å². The van der Waals surface area contributed by atoms with Gasteiger partial charge in [-0.1, -0.05) is 36.0 Å². The van der Waals surface area contributed by atoms with E-state index in [0.717, 1.165) is 19.3 Å². The lowest BCUT2D eigenvalue weighted by atomic mass is 9.72. The fourth-order valence-electron chi connectivity index (χ4n) is 2.68. The number of benzene rings is 1. The molecule has 1 fully saturated rings. The smallest absolute Gasteiger partial charge is 0.238 e. The molecule has 0 atom stereocenters. The van der Waals surface area contributed by atoms with Gasteiger partial charge in [0.25, 0.3) is 0 Å². The Bertz CT molecular complexity index is 571. The third kappa shape index (κ3) is 3.10. The number of amidine groups is 1. The summed E-state index contributed by atoms with van der Waals surface area (Å²) in [4.78, 5) is 12.6. The maximum atomic E-state index is 13.1. The van der Waals surface area contributed by atoms with E-state index in [0.29, 0.717) is 18.5 Å². The van der Waals surface area contributed by atoms with Crippen LogP contribution in [0.5, 0.6) is 0 Å². The molecule has 1 aromatic carbocycles. The molecule has 4 N–H and O–H groups in total. The maximum Gasteiger partial charge on any atom is 0.238 e. The minimum Gasteiger partial charge on any atom is -0.409 e. The van der Waals surface area contributed by atoms with Gasteiger partial charge in [-0.05, 0) is 31.0 Å². The molecule has 1 aromatic rings. The summed E-state index contributed by atoms with van der Waals surface area (Å²) in [5.41, 5.74) is 5.10. The first-order valence-corrected chi connectivity index (χ1v) is 7.12. The van der Waals surface area contributed by atoms with E-state index in [9.17, 15) is 9.18 Å². The summed E-state index contributed by atoms with van der Waals surface area (Å²) < 4.78 is 13.1. The van der Waals surface area contributed by atoms with Gasteiger partial charge in [-0.15, -0.1) is 0 Å². The van der Waals surface area contributed by atoms with Gasteiger partial charge in [0.2, 0.25) is 5.91 Å². The quantitative estimate of drug-likeness (QED) is 0.347. The molecule has 0 saturated heterocycles. The summed E-state index contributed by atoms with van der Waals surface area (Å²) in [5, 5.41) is 14.6. The van der Waals surface area contributed by atoms with Crippen molar-refractivity contribution in [1.82, 2.24) is 0 Å². The molecule has 0 spiro atoms. The second kappa shape index (κ2) is 6.30. The molecule has 0 unspecified atom stereocenters. The Morgan fingerprint density at radius 2 is 2.05 bits per heavy atom. The summed E-state index contributed by atoms with van der Waals surface area (Å²) >= 11 is 5.69. The van der Waals surface area contributed by atoms with Crippen LogP contribution in [-0.2, 0) is 4.79 Å². The maximum absolute atomic E-state index is 13.1. The van der Waals surface area contributed by atoms with Crippen molar-refractivity contribution in [3.63, 3.8) is 0 Å². The fourth-order valence-corrected chi connectivity index (χ4v) is 2.86. The number of hydrogen-bond donors (Lipinski definition) is 3. The van der Waals surface area contributed by atoms with E-state index in [-0.39, 0.29) is 16.8 Å². The zero-order chi connectivity index (χ0) is 15.5. The van der Waals surface area contributed by atoms with Crippen LogP contribution in [0, 0.1) is 11.2 Å². The number of anilines is 1. The molecular weight excluding hydrogens is 297 g/mol. The molecule has 7 heteroatoms. The Kier molecular flexibility index (Phi) is 4.67. The third-order valence-corrected chi connectivity index (χ3v) is 4.21. The molecule has 0 heterocycles. The van der Waals surface area contributed by atoms with E-state index in [1.54, 1.807) is 0 Å².